The topological polar surface area (TPSA) is 41.5 Å². The van der Waals surface area contributed by atoms with E-state index in [9.17, 15) is 0 Å². The molecule has 0 spiro atoms. The van der Waals surface area contributed by atoms with E-state index < -0.39 is 0 Å². The van der Waals surface area contributed by atoms with Crippen LogP contribution in [0.4, 0.5) is 0 Å². The summed E-state index contributed by atoms with van der Waals surface area (Å²) in [6, 6.07) is 3.70. The lowest BCUT2D eigenvalue weighted by molar-refractivity contribution is 0.293. The van der Waals surface area contributed by atoms with E-state index in [0.717, 1.165) is 18.5 Å². The van der Waals surface area contributed by atoms with Crippen LogP contribution in [-0.4, -0.2) is 31.9 Å². The molecular weight excluding hydrogens is 249 g/mol. The normalized spacial score (nSPS) is 10.5. The number of aliphatic hydroxyl groups is 1. The Morgan fingerprint density at radius 3 is 2.62 bits per heavy atom. The lowest BCUT2D eigenvalue weighted by Crippen LogP contribution is -2.20. The highest BCUT2D eigenvalue weighted by molar-refractivity contribution is 6.43. The van der Waals surface area contributed by atoms with Crippen LogP contribution in [0.3, 0.4) is 0 Å². The molecule has 3 nitrogen and oxygen atoms in total. The molecule has 1 rings (SSSR count). The summed E-state index contributed by atoms with van der Waals surface area (Å²) in [7, 11) is 1.56. The summed E-state index contributed by atoms with van der Waals surface area (Å²) in [5, 5.41) is 12.7. The van der Waals surface area contributed by atoms with Gasteiger partial charge in [0.25, 0.3) is 0 Å². The summed E-state index contributed by atoms with van der Waals surface area (Å²) in [5.41, 5.74) is 0.970. The van der Waals surface area contributed by atoms with Crippen molar-refractivity contribution in [2.24, 2.45) is 0 Å². The first kappa shape index (κ1) is 13.6. The van der Waals surface area contributed by atoms with Crippen molar-refractivity contribution >= 4 is 23.2 Å². The van der Waals surface area contributed by atoms with Crippen LogP contribution in [0.15, 0.2) is 12.1 Å². The van der Waals surface area contributed by atoms with Gasteiger partial charge in [0.05, 0.1) is 18.7 Å². The Kier molecular flexibility index (Phi) is 5.91. The SMILES string of the molecule is COc1ccc(CCNCCO)c(Cl)c1Cl. The number of hydrogen-bond donors (Lipinski definition) is 2. The average molecular weight is 264 g/mol. The standard InChI is InChI=1S/C11H15Cl2NO2/c1-16-9-3-2-8(10(12)11(9)13)4-5-14-6-7-15/h2-3,14-15H,4-7H2,1H3. The Hall–Kier alpha value is -0.480. The maximum absolute atomic E-state index is 8.60. The van der Waals surface area contributed by atoms with Crippen molar-refractivity contribution in [1.29, 1.82) is 0 Å². The van der Waals surface area contributed by atoms with Gasteiger partial charge in [-0.3, -0.25) is 0 Å². The van der Waals surface area contributed by atoms with Gasteiger partial charge in [0, 0.05) is 6.54 Å². The first-order valence-corrected chi connectivity index (χ1v) is 5.78. The van der Waals surface area contributed by atoms with Gasteiger partial charge >= 0.3 is 0 Å². The highest BCUT2D eigenvalue weighted by Crippen LogP contribution is 2.34. The summed E-state index contributed by atoms with van der Waals surface area (Å²) >= 11 is 12.1. The zero-order valence-electron chi connectivity index (χ0n) is 9.09. The van der Waals surface area contributed by atoms with Gasteiger partial charge in [-0.15, -0.1) is 0 Å². The minimum Gasteiger partial charge on any atom is -0.495 e. The van der Waals surface area contributed by atoms with Crippen molar-refractivity contribution < 1.29 is 9.84 Å². The lowest BCUT2D eigenvalue weighted by Gasteiger charge is -2.09. The molecule has 1 aromatic rings. The second kappa shape index (κ2) is 6.97. The van der Waals surface area contributed by atoms with Crippen LogP contribution in [0, 0.1) is 0 Å². The van der Waals surface area contributed by atoms with Crippen LogP contribution in [0.2, 0.25) is 10.0 Å². The number of ether oxygens (including phenoxy) is 1. The van der Waals surface area contributed by atoms with Crippen molar-refractivity contribution in [2.45, 2.75) is 6.42 Å². The monoisotopic (exact) mass is 263 g/mol. The van der Waals surface area contributed by atoms with E-state index in [2.05, 4.69) is 5.32 Å². The fourth-order valence-electron chi connectivity index (χ4n) is 1.35. The van der Waals surface area contributed by atoms with Crippen LogP contribution in [0.5, 0.6) is 5.75 Å². The summed E-state index contributed by atoms with van der Waals surface area (Å²) < 4.78 is 5.06. The molecule has 0 aliphatic heterocycles. The first-order chi connectivity index (χ1) is 7.70. The van der Waals surface area contributed by atoms with Crippen molar-refractivity contribution in [3.8, 4) is 5.75 Å². The lowest BCUT2D eigenvalue weighted by atomic mass is 10.1. The third-order valence-electron chi connectivity index (χ3n) is 2.21. The Balaban J connectivity index is 2.64. The molecule has 0 fully saturated rings. The Morgan fingerprint density at radius 1 is 1.25 bits per heavy atom. The average Bonchev–Trinajstić information content (AvgIpc) is 2.30. The number of hydrogen-bond acceptors (Lipinski definition) is 3. The van der Waals surface area contributed by atoms with Gasteiger partial charge in [-0.2, -0.15) is 0 Å². The Bertz CT molecular complexity index is 345. The summed E-state index contributed by atoms with van der Waals surface area (Å²) in [6.45, 7) is 1.47. The third kappa shape index (κ3) is 3.52. The molecule has 0 unspecified atom stereocenters. The fraction of sp³-hybridized carbons (Fsp3) is 0.455. The largest absolute Gasteiger partial charge is 0.495 e. The van der Waals surface area contributed by atoms with Crippen LogP contribution in [0.1, 0.15) is 5.56 Å². The highest BCUT2D eigenvalue weighted by atomic mass is 35.5. The first-order valence-electron chi connectivity index (χ1n) is 5.03. The quantitative estimate of drug-likeness (QED) is 0.773. The van der Waals surface area contributed by atoms with Crippen molar-refractivity contribution in [2.75, 3.05) is 26.8 Å². The molecule has 16 heavy (non-hydrogen) atoms. The van der Waals surface area contributed by atoms with E-state index in [0.29, 0.717) is 22.3 Å². The molecule has 1 aromatic carbocycles. The van der Waals surface area contributed by atoms with Gasteiger partial charge in [-0.1, -0.05) is 29.3 Å². The molecule has 0 atom stereocenters. The smallest absolute Gasteiger partial charge is 0.138 e. The molecule has 0 aliphatic carbocycles. The van der Waals surface area contributed by atoms with E-state index >= 15 is 0 Å². The third-order valence-corrected chi connectivity index (χ3v) is 3.11. The summed E-state index contributed by atoms with van der Waals surface area (Å²) in [6.07, 6.45) is 0.766. The molecule has 0 aromatic heterocycles. The number of methoxy groups -OCH3 is 1. The number of rotatable bonds is 6. The van der Waals surface area contributed by atoms with E-state index in [1.165, 1.54) is 0 Å². The van der Waals surface area contributed by atoms with Crippen LogP contribution < -0.4 is 10.1 Å². The summed E-state index contributed by atoms with van der Waals surface area (Å²) in [5.74, 6) is 0.582. The minimum absolute atomic E-state index is 0.136. The minimum atomic E-state index is 0.136. The zero-order chi connectivity index (χ0) is 12.0. The highest BCUT2D eigenvalue weighted by Gasteiger charge is 2.09. The number of halogens is 2. The molecule has 0 aliphatic rings. The molecular formula is C11H15Cl2NO2. The number of benzene rings is 1. The predicted molar refractivity (Wildman–Crippen MR) is 66.7 cm³/mol. The van der Waals surface area contributed by atoms with Crippen molar-refractivity contribution in [1.82, 2.24) is 5.32 Å². The van der Waals surface area contributed by atoms with Gasteiger partial charge in [0.2, 0.25) is 0 Å². The molecule has 0 radical (unpaired) electrons. The molecule has 0 saturated heterocycles. The maximum atomic E-state index is 8.60. The predicted octanol–water partition coefficient (Wildman–Crippen LogP) is 2.13. The molecule has 90 valence electrons. The number of nitrogens with one attached hydrogen (secondary N) is 1. The molecule has 5 heteroatoms. The van der Waals surface area contributed by atoms with Gasteiger partial charge in [-0.05, 0) is 24.6 Å². The molecule has 0 amide bonds. The Morgan fingerprint density at radius 2 is 2.00 bits per heavy atom. The second-order valence-electron chi connectivity index (χ2n) is 3.28. The van der Waals surface area contributed by atoms with E-state index in [1.54, 1.807) is 13.2 Å². The van der Waals surface area contributed by atoms with Gasteiger partial charge in [0.1, 0.15) is 10.8 Å². The van der Waals surface area contributed by atoms with Crippen LogP contribution >= 0.6 is 23.2 Å². The van der Waals surface area contributed by atoms with Gasteiger partial charge in [0.15, 0.2) is 0 Å². The molecule has 0 saturated carbocycles. The van der Waals surface area contributed by atoms with E-state index in [4.69, 9.17) is 33.0 Å². The van der Waals surface area contributed by atoms with Crippen molar-refractivity contribution in [3.05, 3.63) is 27.7 Å². The maximum Gasteiger partial charge on any atom is 0.138 e. The van der Waals surface area contributed by atoms with E-state index in [1.807, 2.05) is 6.07 Å². The summed E-state index contributed by atoms with van der Waals surface area (Å²) in [4.78, 5) is 0. The van der Waals surface area contributed by atoms with Crippen molar-refractivity contribution in [3.63, 3.8) is 0 Å². The van der Waals surface area contributed by atoms with E-state index in [-0.39, 0.29) is 6.61 Å². The van der Waals surface area contributed by atoms with Gasteiger partial charge in [-0.25, -0.2) is 0 Å². The Labute approximate surface area is 105 Å². The van der Waals surface area contributed by atoms with Crippen LogP contribution in [-0.2, 0) is 6.42 Å². The number of aliphatic hydroxyl groups excluding tert-OH is 1. The van der Waals surface area contributed by atoms with Gasteiger partial charge < -0.3 is 15.2 Å². The zero-order valence-corrected chi connectivity index (χ0v) is 10.6. The molecule has 0 heterocycles. The molecule has 2 N–H and O–H groups in total. The fourth-order valence-corrected chi connectivity index (χ4v) is 1.86. The second-order valence-corrected chi connectivity index (χ2v) is 4.03. The van der Waals surface area contributed by atoms with Crippen LogP contribution in [0.25, 0.3) is 0 Å². The molecule has 0 bridgehead atoms.